The number of anilines is 1. The van der Waals surface area contributed by atoms with Crippen molar-refractivity contribution in [3.8, 4) is 0 Å². The molecular formula is C15H21N5O2. The standard InChI is InChI=1S/C15H21N5O2/c1-12(21)18-7-9-19(10-8-18)15(22)13-4-6-20(11-13)14-3-2-5-16-17-14/h2-3,5,13H,4,6-11H2,1H3/t13-/m1/s1. The molecule has 0 aromatic carbocycles. The lowest BCUT2D eigenvalue weighted by Crippen LogP contribution is -2.51. The molecule has 2 aliphatic rings. The molecule has 0 spiro atoms. The van der Waals surface area contributed by atoms with Gasteiger partial charge in [-0.25, -0.2) is 0 Å². The number of aromatic nitrogens is 2. The summed E-state index contributed by atoms with van der Waals surface area (Å²) in [4.78, 5) is 29.7. The normalized spacial score (nSPS) is 22.0. The van der Waals surface area contributed by atoms with E-state index in [1.165, 1.54) is 0 Å². The number of amides is 2. The highest BCUT2D eigenvalue weighted by molar-refractivity contribution is 5.81. The molecular weight excluding hydrogens is 282 g/mol. The minimum Gasteiger partial charge on any atom is -0.354 e. The molecule has 0 aliphatic carbocycles. The van der Waals surface area contributed by atoms with Gasteiger partial charge in [0.05, 0.1) is 5.92 Å². The molecule has 1 atom stereocenters. The van der Waals surface area contributed by atoms with E-state index in [-0.39, 0.29) is 17.7 Å². The zero-order chi connectivity index (χ0) is 15.5. The zero-order valence-electron chi connectivity index (χ0n) is 12.8. The highest BCUT2D eigenvalue weighted by atomic mass is 16.2. The van der Waals surface area contributed by atoms with Crippen molar-refractivity contribution >= 4 is 17.6 Å². The summed E-state index contributed by atoms with van der Waals surface area (Å²) in [5, 5.41) is 7.99. The summed E-state index contributed by atoms with van der Waals surface area (Å²) in [6.45, 7) is 5.67. The van der Waals surface area contributed by atoms with Crippen molar-refractivity contribution < 1.29 is 9.59 Å². The van der Waals surface area contributed by atoms with Gasteiger partial charge in [-0.05, 0) is 18.6 Å². The zero-order valence-corrected chi connectivity index (χ0v) is 12.8. The topological polar surface area (TPSA) is 69.6 Å². The molecule has 2 fully saturated rings. The molecule has 0 bridgehead atoms. The molecule has 3 heterocycles. The summed E-state index contributed by atoms with van der Waals surface area (Å²) < 4.78 is 0. The molecule has 1 aromatic heterocycles. The number of carbonyl (C=O) groups excluding carboxylic acids is 2. The van der Waals surface area contributed by atoms with E-state index in [2.05, 4.69) is 15.1 Å². The highest BCUT2D eigenvalue weighted by Gasteiger charge is 2.33. The van der Waals surface area contributed by atoms with Crippen LogP contribution >= 0.6 is 0 Å². The van der Waals surface area contributed by atoms with Crippen molar-refractivity contribution in [3.63, 3.8) is 0 Å². The molecule has 22 heavy (non-hydrogen) atoms. The van der Waals surface area contributed by atoms with Crippen molar-refractivity contribution in [3.05, 3.63) is 18.3 Å². The van der Waals surface area contributed by atoms with Gasteiger partial charge in [-0.2, -0.15) is 5.10 Å². The Morgan fingerprint density at radius 1 is 1.14 bits per heavy atom. The largest absolute Gasteiger partial charge is 0.354 e. The summed E-state index contributed by atoms with van der Waals surface area (Å²) in [6, 6.07) is 3.78. The smallest absolute Gasteiger partial charge is 0.227 e. The third-order valence-electron chi connectivity index (χ3n) is 4.46. The van der Waals surface area contributed by atoms with Gasteiger partial charge in [-0.15, -0.1) is 5.10 Å². The molecule has 0 N–H and O–H groups in total. The lowest BCUT2D eigenvalue weighted by molar-refractivity contribution is -0.140. The van der Waals surface area contributed by atoms with Crippen molar-refractivity contribution in [1.82, 2.24) is 20.0 Å². The van der Waals surface area contributed by atoms with Crippen LogP contribution in [0.15, 0.2) is 18.3 Å². The van der Waals surface area contributed by atoms with Crippen LogP contribution in [-0.4, -0.2) is 71.1 Å². The first-order valence-electron chi connectivity index (χ1n) is 7.72. The summed E-state index contributed by atoms with van der Waals surface area (Å²) in [5.41, 5.74) is 0. The minimum atomic E-state index is 0.0193. The third kappa shape index (κ3) is 3.03. The quantitative estimate of drug-likeness (QED) is 0.769. The molecule has 1 aromatic rings. The molecule has 7 nitrogen and oxygen atoms in total. The van der Waals surface area contributed by atoms with Crippen LogP contribution in [0.25, 0.3) is 0 Å². The average molecular weight is 303 g/mol. The van der Waals surface area contributed by atoms with E-state index >= 15 is 0 Å². The Labute approximate surface area is 129 Å². The van der Waals surface area contributed by atoms with Crippen LogP contribution in [0.1, 0.15) is 13.3 Å². The Bertz CT molecular complexity index is 542. The van der Waals surface area contributed by atoms with Gasteiger partial charge >= 0.3 is 0 Å². The van der Waals surface area contributed by atoms with E-state index in [9.17, 15) is 9.59 Å². The molecule has 0 radical (unpaired) electrons. The van der Waals surface area contributed by atoms with E-state index < -0.39 is 0 Å². The molecule has 2 saturated heterocycles. The van der Waals surface area contributed by atoms with Crippen molar-refractivity contribution in [1.29, 1.82) is 0 Å². The fourth-order valence-corrected chi connectivity index (χ4v) is 3.13. The van der Waals surface area contributed by atoms with Gasteiger partial charge < -0.3 is 14.7 Å². The summed E-state index contributed by atoms with van der Waals surface area (Å²) in [6.07, 6.45) is 2.50. The van der Waals surface area contributed by atoms with E-state index in [0.29, 0.717) is 32.7 Å². The van der Waals surface area contributed by atoms with Crippen molar-refractivity contribution in [2.75, 3.05) is 44.2 Å². The van der Waals surface area contributed by atoms with Crippen LogP contribution in [-0.2, 0) is 9.59 Å². The predicted molar refractivity (Wildman–Crippen MR) is 81.2 cm³/mol. The maximum atomic E-state index is 12.6. The maximum Gasteiger partial charge on any atom is 0.227 e. The van der Waals surface area contributed by atoms with E-state index in [4.69, 9.17) is 0 Å². The third-order valence-corrected chi connectivity index (χ3v) is 4.46. The monoisotopic (exact) mass is 303 g/mol. The van der Waals surface area contributed by atoms with Crippen LogP contribution in [0, 0.1) is 5.92 Å². The van der Waals surface area contributed by atoms with Crippen LogP contribution in [0.5, 0.6) is 0 Å². The van der Waals surface area contributed by atoms with Crippen LogP contribution in [0.2, 0.25) is 0 Å². The first-order chi connectivity index (χ1) is 10.6. The van der Waals surface area contributed by atoms with Crippen molar-refractivity contribution in [2.45, 2.75) is 13.3 Å². The number of hydrogen-bond acceptors (Lipinski definition) is 5. The number of carbonyl (C=O) groups is 2. The second-order valence-electron chi connectivity index (χ2n) is 5.84. The lowest BCUT2D eigenvalue weighted by atomic mass is 10.1. The van der Waals surface area contributed by atoms with Crippen molar-refractivity contribution in [2.24, 2.45) is 5.92 Å². The number of nitrogens with zero attached hydrogens (tertiary/aromatic N) is 5. The molecule has 0 saturated carbocycles. The number of rotatable bonds is 2. The fraction of sp³-hybridized carbons (Fsp3) is 0.600. The first kappa shape index (κ1) is 14.7. The average Bonchev–Trinajstić information content (AvgIpc) is 3.05. The van der Waals surface area contributed by atoms with Gasteiger partial charge in [0.2, 0.25) is 11.8 Å². The van der Waals surface area contributed by atoms with Gasteiger partial charge in [0, 0.05) is 52.4 Å². The second kappa shape index (κ2) is 6.29. The molecule has 118 valence electrons. The molecule has 3 rings (SSSR count). The van der Waals surface area contributed by atoms with E-state index in [1.54, 1.807) is 18.0 Å². The van der Waals surface area contributed by atoms with Crippen LogP contribution in [0.4, 0.5) is 5.82 Å². The van der Waals surface area contributed by atoms with Crippen LogP contribution < -0.4 is 4.90 Å². The summed E-state index contributed by atoms with van der Waals surface area (Å²) in [5.74, 6) is 1.14. The number of piperazine rings is 1. The molecule has 7 heteroatoms. The summed E-state index contributed by atoms with van der Waals surface area (Å²) in [7, 11) is 0. The Morgan fingerprint density at radius 3 is 2.50 bits per heavy atom. The molecule has 2 aliphatic heterocycles. The summed E-state index contributed by atoms with van der Waals surface area (Å²) >= 11 is 0. The Hall–Kier alpha value is -2.18. The minimum absolute atomic E-state index is 0.0193. The van der Waals surface area contributed by atoms with Gasteiger partial charge in [0.25, 0.3) is 0 Å². The predicted octanol–water partition coefficient (Wildman–Crippen LogP) is -0.00640. The first-order valence-corrected chi connectivity index (χ1v) is 7.72. The molecule has 0 unspecified atom stereocenters. The van der Waals surface area contributed by atoms with E-state index in [0.717, 1.165) is 18.8 Å². The maximum absolute atomic E-state index is 12.6. The van der Waals surface area contributed by atoms with Gasteiger partial charge in [-0.3, -0.25) is 9.59 Å². The van der Waals surface area contributed by atoms with Gasteiger partial charge in [0.1, 0.15) is 0 Å². The molecule has 2 amide bonds. The van der Waals surface area contributed by atoms with E-state index in [1.807, 2.05) is 17.0 Å². The van der Waals surface area contributed by atoms with Gasteiger partial charge in [0.15, 0.2) is 5.82 Å². The lowest BCUT2D eigenvalue weighted by Gasteiger charge is -2.35. The van der Waals surface area contributed by atoms with Crippen LogP contribution in [0.3, 0.4) is 0 Å². The Morgan fingerprint density at radius 2 is 1.86 bits per heavy atom. The Kier molecular flexibility index (Phi) is 4.22. The Balaban J connectivity index is 1.55. The SMILES string of the molecule is CC(=O)N1CCN(C(=O)[C@@H]2CCN(c3cccnn3)C2)CC1. The van der Waals surface area contributed by atoms with Gasteiger partial charge in [-0.1, -0.05) is 0 Å². The second-order valence-corrected chi connectivity index (χ2v) is 5.84. The fourth-order valence-electron chi connectivity index (χ4n) is 3.13. The highest BCUT2D eigenvalue weighted by Crippen LogP contribution is 2.23. The number of hydrogen-bond donors (Lipinski definition) is 0.